The largest absolute Gasteiger partial charge is 0.336 e. The highest BCUT2D eigenvalue weighted by molar-refractivity contribution is 7.17. The number of halogens is 2. The Balaban J connectivity index is 1.77. The van der Waals surface area contributed by atoms with Gasteiger partial charge in [0.15, 0.2) is 0 Å². The molecule has 0 saturated carbocycles. The number of thiophene rings is 1. The summed E-state index contributed by atoms with van der Waals surface area (Å²) in [6.07, 6.45) is 0. The van der Waals surface area contributed by atoms with Crippen molar-refractivity contribution < 1.29 is 9.18 Å². The van der Waals surface area contributed by atoms with Crippen molar-refractivity contribution in [3.63, 3.8) is 0 Å². The lowest BCUT2D eigenvalue weighted by atomic mass is 10.3. The highest BCUT2D eigenvalue weighted by Crippen LogP contribution is 2.18. The minimum atomic E-state index is -0.641. The molecular weight excluding hydrogens is 417 g/mol. The Labute approximate surface area is 172 Å². The van der Waals surface area contributed by atoms with Crippen molar-refractivity contribution in [1.29, 1.82) is 0 Å². The van der Waals surface area contributed by atoms with Gasteiger partial charge >= 0.3 is 5.69 Å². The zero-order valence-electron chi connectivity index (χ0n) is 14.8. The van der Waals surface area contributed by atoms with Crippen LogP contribution in [-0.2, 0) is 11.3 Å². The Hall–Kier alpha value is -3.23. The molecule has 0 saturated heterocycles. The number of nitrogens with one attached hydrogen (secondary N) is 1. The van der Waals surface area contributed by atoms with Gasteiger partial charge in [-0.15, -0.1) is 11.3 Å². The summed E-state index contributed by atoms with van der Waals surface area (Å²) in [5.41, 5.74) is 0.0314. The predicted octanol–water partition coefficient (Wildman–Crippen LogP) is 3.65. The van der Waals surface area contributed by atoms with E-state index in [1.165, 1.54) is 40.2 Å². The fraction of sp³-hybridized carbons (Fsp3) is 0.0500. The van der Waals surface area contributed by atoms with Crippen molar-refractivity contribution in [2.75, 3.05) is 5.32 Å². The molecule has 0 unspecified atom stereocenters. The first kappa shape index (κ1) is 19.1. The molecule has 2 aromatic carbocycles. The maximum Gasteiger partial charge on any atom is 0.336 e. The summed E-state index contributed by atoms with van der Waals surface area (Å²) < 4.78 is 15.6. The van der Waals surface area contributed by atoms with Gasteiger partial charge in [-0.2, -0.15) is 0 Å². The van der Waals surface area contributed by atoms with Crippen LogP contribution in [0.1, 0.15) is 0 Å². The average Bonchev–Trinajstić information content (AvgIpc) is 3.19. The van der Waals surface area contributed by atoms with E-state index in [0.717, 1.165) is 4.57 Å². The zero-order valence-corrected chi connectivity index (χ0v) is 16.3. The van der Waals surface area contributed by atoms with Crippen LogP contribution in [0.4, 0.5) is 10.1 Å². The lowest BCUT2D eigenvalue weighted by Gasteiger charge is -2.12. The molecule has 0 aliphatic heterocycles. The Morgan fingerprint density at radius 2 is 1.72 bits per heavy atom. The lowest BCUT2D eigenvalue weighted by molar-refractivity contribution is -0.116. The normalized spacial score (nSPS) is 11.0. The van der Waals surface area contributed by atoms with Gasteiger partial charge in [0, 0.05) is 10.7 Å². The third-order valence-electron chi connectivity index (χ3n) is 4.27. The van der Waals surface area contributed by atoms with Gasteiger partial charge in [-0.25, -0.2) is 13.8 Å². The van der Waals surface area contributed by atoms with Crippen molar-refractivity contribution >= 4 is 44.7 Å². The Bertz CT molecular complexity index is 1320. The van der Waals surface area contributed by atoms with E-state index >= 15 is 0 Å². The number of aromatic nitrogens is 2. The molecule has 0 radical (unpaired) electrons. The van der Waals surface area contributed by atoms with E-state index in [1.807, 2.05) is 0 Å². The summed E-state index contributed by atoms with van der Waals surface area (Å²) in [6, 6.07) is 13.2. The Morgan fingerprint density at radius 3 is 2.41 bits per heavy atom. The summed E-state index contributed by atoms with van der Waals surface area (Å²) in [7, 11) is 0. The summed E-state index contributed by atoms with van der Waals surface area (Å²) in [5.74, 6) is -0.901. The summed E-state index contributed by atoms with van der Waals surface area (Å²) in [4.78, 5) is 38.4. The fourth-order valence-corrected chi connectivity index (χ4v) is 3.89. The van der Waals surface area contributed by atoms with E-state index < -0.39 is 23.0 Å². The van der Waals surface area contributed by atoms with E-state index in [4.69, 9.17) is 11.6 Å². The van der Waals surface area contributed by atoms with Crippen LogP contribution in [0.2, 0.25) is 5.02 Å². The summed E-state index contributed by atoms with van der Waals surface area (Å²) >= 11 is 7.09. The second-order valence-electron chi connectivity index (χ2n) is 6.18. The maximum atomic E-state index is 13.1. The Morgan fingerprint density at radius 1 is 1.03 bits per heavy atom. The minimum Gasteiger partial charge on any atom is -0.325 e. The molecule has 0 aliphatic rings. The highest BCUT2D eigenvalue weighted by atomic mass is 35.5. The number of hydrogen-bond acceptors (Lipinski definition) is 4. The molecule has 6 nitrogen and oxygen atoms in total. The quantitative estimate of drug-likeness (QED) is 0.538. The zero-order chi connectivity index (χ0) is 20.5. The molecule has 4 aromatic rings. The van der Waals surface area contributed by atoms with Crippen LogP contribution in [0.5, 0.6) is 0 Å². The molecule has 1 amide bonds. The van der Waals surface area contributed by atoms with Gasteiger partial charge in [0.25, 0.3) is 5.56 Å². The number of carbonyl (C=O) groups is 1. The molecule has 29 heavy (non-hydrogen) atoms. The predicted molar refractivity (Wildman–Crippen MR) is 112 cm³/mol. The van der Waals surface area contributed by atoms with Crippen LogP contribution >= 0.6 is 22.9 Å². The molecule has 146 valence electrons. The van der Waals surface area contributed by atoms with E-state index in [2.05, 4.69) is 5.32 Å². The van der Waals surface area contributed by atoms with Crippen molar-refractivity contribution in [3.8, 4) is 5.69 Å². The number of rotatable bonds is 4. The average molecular weight is 430 g/mol. The number of hydrogen-bond donors (Lipinski definition) is 1. The molecule has 1 N–H and O–H groups in total. The number of nitrogens with zero attached hydrogens (tertiary/aromatic N) is 2. The van der Waals surface area contributed by atoms with Crippen LogP contribution in [0.3, 0.4) is 0 Å². The third-order valence-corrected chi connectivity index (χ3v) is 5.41. The molecule has 9 heteroatoms. The second-order valence-corrected chi connectivity index (χ2v) is 7.53. The van der Waals surface area contributed by atoms with Crippen LogP contribution in [0.25, 0.3) is 15.9 Å². The molecule has 0 aliphatic carbocycles. The summed E-state index contributed by atoms with van der Waals surface area (Å²) in [6.45, 7) is -0.308. The molecule has 0 fully saturated rings. The van der Waals surface area contributed by atoms with E-state index in [9.17, 15) is 18.8 Å². The van der Waals surface area contributed by atoms with Crippen molar-refractivity contribution in [2.24, 2.45) is 0 Å². The number of anilines is 1. The van der Waals surface area contributed by atoms with Gasteiger partial charge in [-0.05, 0) is 60.0 Å². The number of fused-ring (bicyclic) bond motifs is 1. The molecule has 0 bridgehead atoms. The minimum absolute atomic E-state index is 0.308. The first-order chi connectivity index (χ1) is 13.9. The first-order valence-electron chi connectivity index (χ1n) is 8.48. The number of carbonyl (C=O) groups excluding carboxylic acids is 1. The monoisotopic (exact) mass is 429 g/mol. The fourth-order valence-electron chi connectivity index (χ4n) is 2.94. The second kappa shape index (κ2) is 7.65. The molecule has 4 rings (SSSR count). The van der Waals surface area contributed by atoms with Gasteiger partial charge in [-0.3, -0.25) is 14.2 Å². The molecule has 2 heterocycles. The maximum absolute atomic E-state index is 13.1. The van der Waals surface area contributed by atoms with Gasteiger partial charge in [0.1, 0.15) is 17.1 Å². The molecular formula is C20H13ClFN3O3S. The Kier molecular flexibility index (Phi) is 5.04. The molecule has 0 spiro atoms. The van der Waals surface area contributed by atoms with Crippen LogP contribution in [0.15, 0.2) is 69.6 Å². The third kappa shape index (κ3) is 3.72. The standard InChI is InChI=1S/C20H13ClFN3O3S/c21-12-1-7-15(8-2-12)25-19(27)18-16(9-10-29-18)24(20(25)28)11-17(26)23-14-5-3-13(22)4-6-14/h1-10H,11H2,(H,23,26). The van der Waals surface area contributed by atoms with Crippen molar-refractivity contribution in [1.82, 2.24) is 9.13 Å². The van der Waals surface area contributed by atoms with Gasteiger partial charge < -0.3 is 5.32 Å². The number of benzene rings is 2. The van der Waals surface area contributed by atoms with Crippen molar-refractivity contribution in [2.45, 2.75) is 6.54 Å². The molecule has 0 atom stereocenters. The highest BCUT2D eigenvalue weighted by Gasteiger charge is 2.17. The van der Waals surface area contributed by atoms with E-state index in [1.54, 1.807) is 35.7 Å². The summed E-state index contributed by atoms with van der Waals surface area (Å²) in [5, 5.41) is 4.77. The van der Waals surface area contributed by atoms with Gasteiger partial charge in [0.05, 0.1) is 11.2 Å². The van der Waals surface area contributed by atoms with E-state index in [-0.39, 0.29) is 6.54 Å². The topological polar surface area (TPSA) is 73.1 Å². The van der Waals surface area contributed by atoms with E-state index in [0.29, 0.717) is 26.6 Å². The van der Waals surface area contributed by atoms with Crippen LogP contribution < -0.4 is 16.6 Å². The van der Waals surface area contributed by atoms with Crippen LogP contribution in [0, 0.1) is 5.82 Å². The van der Waals surface area contributed by atoms with Crippen LogP contribution in [-0.4, -0.2) is 15.0 Å². The van der Waals surface area contributed by atoms with Gasteiger partial charge in [-0.1, -0.05) is 11.6 Å². The molecule has 2 aromatic heterocycles. The first-order valence-corrected chi connectivity index (χ1v) is 9.74. The lowest BCUT2D eigenvalue weighted by Crippen LogP contribution is -2.40. The number of amides is 1. The SMILES string of the molecule is O=C(Cn1c(=O)n(-c2ccc(Cl)cc2)c(=O)c2sccc21)Nc1ccc(F)cc1. The van der Waals surface area contributed by atoms with Crippen molar-refractivity contribution in [3.05, 3.63) is 91.7 Å². The van der Waals surface area contributed by atoms with Gasteiger partial charge in [0.2, 0.25) is 5.91 Å². The smallest absolute Gasteiger partial charge is 0.325 e.